The van der Waals surface area contributed by atoms with Crippen LogP contribution in [-0.2, 0) is 11.3 Å². The van der Waals surface area contributed by atoms with Crippen molar-refractivity contribution in [3.8, 4) is 0 Å². The normalized spacial score (nSPS) is 11.9. The van der Waals surface area contributed by atoms with E-state index in [0.717, 1.165) is 11.1 Å². The van der Waals surface area contributed by atoms with Crippen LogP contribution in [0.2, 0.25) is 0 Å². The van der Waals surface area contributed by atoms with Crippen LogP contribution in [0.5, 0.6) is 0 Å². The summed E-state index contributed by atoms with van der Waals surface area (Å²) < 4.78 is 5.30. The molecule has 20 heavy (non-hydrogen) atoms. The molecule has 2 rings (SSSR count). The Bertz CT molecular complexity index is 563. The smallest absolute Gasteiger partial charge is 0.338 e. The van der Waals surface area contributed by atoms with Crippen LogP contribution in [0, 0.1) is 0 Å². The maximum Gasteiger partial charge on any atom is 0.338 e. The van der Waals surface area contributed by atoms with Crippen molar-refractivity contribution in [1.29, 1.82) is 0 Å². The third kappa shape index (κ3) is 3.45. The van der Waals surface area contributed by atoms with Gasteiger partial charge in [0.05, 0.1) is 11.7 Å². The van der Waals surface area contributed by atoms with E-state index < -0.39 is 6.10 Å². The topological polar surface area (TPSA) is 46.5 Å². The summed E-state index contributed by atoms with van der Waals surface area (Å²) in [6.45, 7) is 2.08. The predicted molar refractivity (Wildman–Crippen MR) is 77.3 cm³/mol. The van der Waals surface area contributed by atoms with Crippen molar-refractivity contribution in [2.45, 2.75) is 26.1 Å². The predicted octanol–water partition coefficient (Wildman–Crippen LogP) is 3.49. The number of hydrogen-bond acceptors (Lipinski definition) is 3. The lowest BCUT2D eigenvalue weighted by molar-refractivity contribution is 0.0467. The summed E-state index contributed by atoms with van der Waals surface area (Å²) in [7, 11) is 0. The van der Waals surface area contributed by atoms with Crippen LogP contribution in [0.25, 0.3) is 0 Å². The Balaban J connectivity index is 2.06. The molecule has 0 spiro atoms. The Labute approximate surface area is 118 Å². The van der Waals surface area contributed by atoms with Crippen LogP contribution in [0.4, 0.5) is 0 Å². The lowest BCUT2D eigenvalue weighted by Gasteiger charge is -2.14. The number of carbonyl (C=O) groups excluding carboxylic acids is 1. The van der Waals surface area contributed by atoms with Gasteiger partial charge in [0.15, 0.2) is 0 Å². The van der Waals surface area contributed by atoms with Crippen molar-refractivity contribution in [2.75, 3.05) is 0 Å². The molecule has 0 aliphatic rings. The average Bonchev–Trinajstić information content (AvgIpc) is 2.53. The molecule has 0 saturated carbocycles. The Morgan fingerprint density at radius 2 is 1.75 bits per heavy atom. The maximum atomic E-state index is 11.9. The second-order valence-corrected chi connectivity index (χ2v) is 4.57. The van der Waals surface area contributed by atoms with E-state index in [9.17, 15) is 9.90 Å². The van der Waals surface area contributed by atoms with E-state index in [1.165, 1.54) is 0 Å². The minimum atomic E-state index is -0.526. The number of esters is 1. The Kier molecular flexibility index (Phi) is 4.91. The Morgan fingerprint density at radius 1 is 1.10 bits per heavy atom. The molecule has 3 heteroatoms. The van der Waals surface area contributed by atoms with Gasteiger partial charge in [-0.15, -0.1) is 0 Å². The summed E-state index contributed by atoms with van der Waals surface area (Å²) >= 11 is 0. The van der Waals surface area contributed by atoms with E-state index in [-0.39, 0.29) is 12.6 Å². The molecule has 0 bridgehead atoms. The third-order valence-corrected chi connectivity index (χ3v) is 3.17. The first kappa shape index (κ1) is 14.3. The van der Waals surface area contributed by atoms with Crippen molar-refractivity contribution in [3.63, 3.8) is 0 Å². The Hall–Kier alpha value is -2.13. The van der Waals surface area contributed by atoms with Crippen molar-refractivity contribution in [1.82, 2.24) is 0 Å². The number of benzene rings is 2. The van der Waals surface area contributed by atoms with Gasteiger partial charge in [-0.2, -0.15) is 0 Å². The van der Waals surface area contributed by atoms with E-state index in [2.05, 4.69) is 0 Å². The van der Waals surface area contributed by atoms with Gasteiger partial charge in [-0.05, 0) is 29.7 Å². The first-order valence-corrected chi connectivity index (χ1v) is 6.70. The fourth-order valence-corrected chi connectivity index (χ4v) is 2.01. The molecule has 1 atom stereocenters. The van der Waals surface area contributed by atoms with Crippen LogP contribution in [0.1, 0.15) is 40.9 Å². The summed E-state index contributed by atoms with van der Waals surface area (Å²) in [5.74, 6) is -0.355. The molecule has 104 valence electrons. The highest BCUT2D eigenvalue weighted by atomic mass is 16.5. The molecule has 0 aromatic heterocycles. The molecule has 0 saturated heterocycles. The molecule has 0 heterocycles. The van der Waals surface area contributed by atoms with Crippen LogP contribution >= 0.6 is 0 Å². The summed E-state index contributed by atoms with van der Waals surface area (Å²) in [6.07, 6.45) is 0.102. The van der Waals surface area contributed by atoms with Gasteiger partial charge in [-0.1, -0.05) is 49.4 Å². The zero-order valence-electron chi connectivity index (χ0n) is 11.5. The Morgan fingerprint density at radius 3 is 2.45 bits per heavy atom. The number of aliphatic hydroxyl groups is 1. The quantitative estimate of drug-likeness (QED) is 0.846. The molecular formula is C17H18O3. The van der Waals surface area contributed by atoms with Crippen molar-refractivity contribution >= 4 is 5.97 Å². The molecule has 0 aliphatic heterocycles. The van der Waals surface area contributed by atoms with Crippen LogP contribution < -0.4 is 0 Å². The highest BCUT2D eigenvalue weighted by Crippen LogP contribution is 2.21. The van der Waals surface area contributed by atoms with E-state index in [0.29, 0.717) is 12.0 Å². The highest BCUT2D eigenvalue weighted by molar-refractivity contribution is 5.89. The molecule has 2 aromatic rings. The summed E-state index contributed by atoms with van der Waals surface area (Å²) in [4.78, 5) is 11.9. The minimum absolute atomic E-state index is 0.168. The summed E-state index contributed by atoms with van der Waals surface area (Å²) in [5.41, 5.74) is 2.18. The molecule has 0 fully saturated rings. The van der Waals surface area contributed by atoms with Gasteiger partial charge in [0.1, 0.15) is 6.61 Å². The van der Waals surface area contributed by atoms with Crippen LogP contribution in [-0.4, -0.2) is 11.1 Å². The standard InChI is InChI=1S/C17H18O3/c1-2-16(18)15-11-7-6-10-14(15)12-20-17(19)13-8-4-3-5-9-13/h3-11,16,18H,2,12H2,1H3. The van der Waals surface area contributed by atoms with Gasteiger partial charge in [0.2, 0.25) is 0 Å². The van der Waals surface area contributed by atoms with Crippen molar-refractivity contribution in [2.24, 2.45) is 0 Å². The van der Waals surface area contributed by atoms with E-state index in [1.54, 1.807) is 24.3 Å². The second kappa shape index (κ2) is 6.87. The molecule has 3 nitrogen and oxygen atoms in total. The largest absolute Gasteiger partial charge is 0.457 e. The van der Waals surface area contributed by atoms with Crippen molar-refractivity contribution < 1.29 is 14.6 Å². The SMILES string of the molecule is CCC(O)c1ccccc1COC(=O)c1ccccc1. The van der Waals surface area contributed by atoms with Gasteiger partial charge >= 0.3 is 5.97 Å². The molecule has 2 aromatic carbocycles. The van der Waals surface area contributed by atoms with Crippen molar-refractivity contribution in [3.05, 3.63) is 71.3 Å². The molecular weight excluding hydrogens is 252 g/mol. The summed E-state index contributed by atoms with van der Waals surface area (Å²) in [6, 6.07) is 16.4. The molecule has 0 aliphatic carbocycles. The second-order valence-electron chi connectivity index (χ2n) is 4.57. The molecule has 0 amide bonds. The van der Waals surface area contributed by atoms with Gasteiger partial charge in [0, 0.05) is 0 Å². The number of carbonyl (C=O) groups is 1. The van der Waals surface area contributed by atoms with E-state index >= 15 is 0 Å². The maximum absolute atomic E-state index is 11.9. The van der Waals surface area contributed by atoms with Gasteiger partial charge < -0.3 is 9.84 Å². The van der Waals surface area contributed by atoms with E-state index in [1.807, 2.05) is 37.3 Å². The highest BCUT2D eigenvalue weighted by Gasteiger charge is 2.12. The number of ether oxygens (including phenoxy) is 1. The van der Waals surface area contributed by atoms with Gasteiger partial charge in [0.25, 0.3) is 0 Å². The first-order valence-electron chi connectivity index (χ1n) is 6.70. The first-order chi connectivity index (χ1) is 9.72. The zero-order chi connectivity index (χ0) is 14.4. The monoisotopic (exact) mass is 270 g/mol. The van der Waals surface area contributed by atoms with Gasteiger partial charge in [-0.3, -0.25) is 0 Å². The van der Waals surface area contributed by atoms with Crippen LogP contribution in [0.3, 0.4) is 0 Å². The average molecular weight is 270 g/mol. The summed E-state index contributed by atoms with van der Waals surface area (Å²) in [5, 5.41) is 9.95. The third-order valence-electron chi connectivity index (χ3n) is 3.17. The fraction of sp³-hybridized carbons (Fsp3) is 0.235. The van der Waals surface area contributed by atoms with Gasteiger partial charge in [-0.25, -0.2) is 4.79 Å². The van der Waals surface area contributed by atoms with Crippen LogP contribution in [0.15, 0.2) is 54.6 Å². The number of hydrogen-bond donors (Lipinski definition) is 1. The zero-order valence-corrected chi connectivity index (χ0v) is 11.5. The number of rotatable bonds is 5. The molecule has 1 N–H and O–H groups in total. The molecule has 1 unspecified atom stereocenters. The minimum Gasteiger partial charge on any atom is -0.457 e. The molecule has 0 radical (unpaired) electrons. The fourth-order valence-electron chi connectivity index (χ4n) is 2.01. The number of aliphatic hydroxyl groups excluding tert-OH is 1. The van der Waals surface area contributed by atoms with E-state index in [4.69, 9.17) is 4.74 Å². The lowest BCUT2D eigenvalue weighted by Crippen LogP contribution is -2.08. The lowest BCUT2D eigenvalue weighted by atomic mass is 10.0.